The van der Waals surface area contributed by atoms with E-state index in [0.29, 0.717) is 18.9 Å². The van der Waals surface area contributed by atoms with E-state index in [2.05, 4.69) is 23.8 Å². The van der Waals surface area contributed by atoms with E-state index in [1.54, 1.807) is 6.20 Å². The van der Waals surface area contributed by atoms with Gasteiger partial charge in [0.05, 0.1) is 11.9 Å². The summed E-state index contributed by atoms with van der Waals surface area (Å²) in [5.41, 5.74) is 7.59. The van der Waals surface area contributed by atoms with Crippen molar-refractivity contribution in [2.75, 3.05) is 0 Å². The molecule has 4 heteroatoms. The van der Waals surface area contributed by atoms with Crippen molar-refractivity contribution in [1.82, 2.24) is 9.97 Å². The van der Waals surface area contributed by atoms with Gasteiger partial charge in [0.15, 0.2) is 5.75 Å². The summed E-state index contributed by atoms with van der Waals surface area (Å²) in [6.07, 6.45) is 1.72. The van der Waals surface area contributed by atoms with Gasteiger partial charge in [0.2, 0.25) is 0 Å². The molecule has 0 amide bonds. The van der Waals surface area contributed by atoms with Gasteiger partial charge in [-0.3, -0.25) is 0 Å². The van der Waals surface area contributed by atoms with Crippen molar-refractivity contribution >= 4 is 0 Å². The molecule has 2 rings (SSSR count). The Bertz CT molecular complexity index is 526. The fourth-order valence-electron chi connectivity index (χ4n) is 1.70. The number of hydrogen-bond acceptors (Lipinski definition) is 4. The van der Waals surface area contributed by atoms with Crippen LogP contribution in [0.1, 0.15) is 36.8 Å². The van der Waals surface area contributed by atoms with Gasteiger partial charge in [0.25, 0.3) is 0 Å². The van der Waals surface area contributed by atoms with Crippen LogP contribution in [-0.4, -0.2) is 9.97 Å². The van der Waals surface area contributed by atoms with E-state index in [4.69, 9.17) is 10.5 Å². The maximum absolute atomic E-state index is 5.74. The molecule has 0 aliphatic rings. The normalized spacial score (nSPS) is 10.7. The summed E-state index contributed by atoms with van der Waals surface area (Å²) in [6, 6.07) is 9.99. The zero-order valence-electron chi connectivity index (χ0n) is 11.3. The molecular weight excluding hydrogens is 238 g/mol. The van der Waals surface area contributed by atoms with E-state index >= 15 is 0 Å². The lowest BCUT2D eigenvalue weighted by molar-refractivity contribution is 0.299. The van der Waals surface area contributed by atoms with E-state index in [1.165, 1.54) is 0 Å². The quantitative estimate of drug-likeness (QED) is 0.894. The molecule has 0 unspecified atom stereocenters. The molecule has 1 heterocycles. The van der Waals surface area contributed by atoms with Crippen LogP contribution in [-0.2, 0) is 13.2 Å². The third kappa shape index (κ3) is 3.51. The Morgan fingerprint density at radius 2 is 1.95 bits per heavy atom. The SMILES string of the molecule is CC(C)c1ncc(OCc2ccccc2)c(CN)n1. The third-order valence-corrected chi connectivity index (χ3v) is 2.79. The van der Waals surface area contributed by atoms with Crippen molar-refractivity contribution in [3.8, 4) is 5.75 Å². The lowest BCUT2D eigenvalue weighted by Crippen LogP contribution is -2.09. The summed E-state index contributed by atoms with van der Waals surface area (Å²) in [6.45, 7) is 4.96. The Morgan fingerprint density at radius 3 is 2.58 bits per heavy atom. The van der Waals surface area contributed by atoms with Gasteiger partial charge in [0, 0.05) is 12.5 Å². The molecule has 0 fully saturated rings. The summed E-state index contributed by atoms with van der Waals surface area (Å²) in [5.74, 6) is 1.75. The van der Waals surface area contributed by atoms with Gasteiger partial charge in [-0.15, -0.1) is 0 Å². The molecule has 0 saturated heterocycles. The van der Waals surface area contributed by atoms with Gasteiger partial charge in [-0.05, 0) is 5.56 Å². The lowest BCUT2D eigenvalue weighted by Gasteiger charge is -2.11. The van der Waals surface area contributed by atoms with Crippen molar-refractivity contribution in [3.05, 3.63) is 53.6 Å². The predicted octanol–water partition coefficient (Wildman–Crippen LogP) is 2.64. The fourth-order valence-corrected chi connectivity index (χ4v) is 1.70. The molecule has 100 valence electrons. The highest BCUT2D eigenvalue weighted by molar-refractivity contribution is 5.26. The van der Waals surface area contributed by atoms with Gasteiger partial charge in [-0.25, -0.2) is 9.97 Å². The van der Waals surface area contributed by atoms with Crippen LogP contribution in [0.3, 0.4) is 0 Å². The topological polar surface area (TPSA) is 61.0 Å². The van der Waals surface area contributed by atoms with Crippen LogP contribution in [0.25, 0.3) is 0 Å². The maximum Gasteiger partial charge on any atom is 0.160 e. The van der Waals surface area contributed by atoms with E-state index in [0.717, 1.165) is 17.1 Å². The molecule has 1 aromatic carbocycles. The zero-order valence-corrected chi connectivity index (χ0v) is 11.3. The van der Waals surface area contributed by atoms with Crippen molar-refractivity contribution in [2.45, 2.75) is 32.9 Å². The molecule has 19 heavy (non-hydrogen) atoms. The van der Waals surface area contributed by atoms with Crippen LogP contribution < -0.4 is 10.5 Å². The lowest BCUT2D eigenvalue weighted by atomic mass is 10.2. The van der Waals surface area contributed by atoms with Crippen LogP contribution in [0.2, 0.25) is 0 Å². The molecular formula is C15H19N3O. The van der Waals surface area contributed by atoms with Crippen LogP contribution in [0.5, 0.6) is 5.75 Å². The minimum atomic E-state index is 0.286. The molecule has 2 N–H and O–H groups in total. The first-order valence-corrected chi connectivity index (χ1v) is 6.43. The molecule has 0 bridgehead atoms. The maximum atomic E-state index is 5.74. The summed E-state index contributed by atoms with van der Waals surface area (Å²) in [7, 11) is 0. The smallest absolute Gasteiger partial charge is 0.160 e. The predicted molar refractivity (Wildman–Crippen MR) is 74.8 cm³/mol. The van der Waals surface area contributed by atoms with Crippen molar-refractivity contribution in [3.63, 3.8) is 0 Å². The molecule has 4 nitrogen and oxygen atoms in total. The molecule has 0 atom stereocenters. The number of hydrogen-bond donors (Lipinski definition) is 1. The highest BCUT2D eigenvalue weighted by Crippen LogP contribution is 2.19. The average Bonchev–Trinajstić information content (AvgIpc) is 2.45. The Labute approximate surface area is 113 Å². The number of benzene rings is 1. The van der Waals surface area contributed by atoms with Crippen LogP contribution >= 0.6 is 0 Å². The molecule has 0 saturated carbocycles. The number of nitrogens with zero attached hydrogens (tertiary/aromatic N) is 2. The zero-order chi connectivity index (χ0) is 13.7. The monoisotopic (exact) mass is 257 g/mol. The molecule has 0 aliphatic carbocycles. The van der Waals surface area contributed by atoms with Crippen molar-refractivity contribution in [1.29, 1.82) is 0 Å². The largest absolute Gasteiger partial charge is 0.485 e. The van der Waals surface area contributed by atoms with Gasteiger partial charge < -0.3 is 10.5 Å². The molecule has 0 aliphatic heterocycles. The average molecular weight is 257 g/mol. The molecule has 0 spiro atoms. The van der Waals surface area contributed by atoms with Gasteiger partial charge in [-0.1, -0.05) is 44.2 Å². The molecule has 2 aromatic rings. The van der Waals surface area contributed by atoms with Gasteiger partial charge in [0.1, 0.15) is 12.4 Å². The summed E-state index contributed by atoms with van der Waals surface area (Å²) < 4.78 is 5.74. The van der Waals surface area contributed by atoms with Crippen molar-refractivity contribution in [2.24, 2.45) is 5.73 Å². The third-order valence-electron chi connectivity index (χ3n) is 2.79. The van der Waals surface area contributed by atoms with Crippen LogP contribution in [0.15, 0.2) is 36.5 Å². The minimum absolute atomic E-state index is 0.286. The van der Waals surface area contributed by atoms with Gasteiger partial charge in [-0.2, -0.15) is 0 Å². The standard InChI is InChI=1S/C15H19N3O/c1-11(2)15-17-9-14(13(8-16)18-15)19-10-12-6-4-3-5-7-12/h3-7,9,11H,8,10,16H2,1-2H3. The van der Waals surface area contributed by atoms with Crippen LogP contribution in [0.4, 0.5) is 0 Å². The minimum Gasteiger partial charge on any atom is -0.485 e. The number of rotatable bonds is 5. The summed E-state index contributed by atoms with van der Waals surface area (Å²) in [5, 5.41) is 0. The second-order valence-corrected chi connectivity index (χ2v) is 4.67. The van der Waals surface area contributed by atoms with E-state index in [-0.39, 0.29) is 5.92 Å². The first kappa shape index (κ1) is 13.5. The Hall–Kier alpha value is -1.94. The number of aromatic nitrogens is 2. The first-order valence-electron chi connectivity index (χ1n) is 6.43. The second-order valence-electron chi connectivity index (χ2n) is 4.67. The Morgan fingerprint density at radius 1 is 1.21 bits per heavy atom. The Balaban J connectivity index is 2.12. The first-order chi connectivity index (χ1) is 9.20. The highest BCUT2D eigenvalue weighted by Gasteiger charge is 2.09. The van der Waals surface area contributed by atoms with E-state index in [1.807, 2.05) is 30.3 Å². The summed E-state index contributed by atoms with van der Waals surface area (Å²) >= 11 is 0. The van der Waals surface area contributed by atoms with Gasteiger partial charge >= 0.3 is 0 Å². The summed E-state index contributed by atoms with van der Waals surface area (Å²) in [4.78, 5) is 8.75. The molecule has 1 aromatic heterocycles. The number of ether oxygens (including phenoxy) is 1. The second kappa shape index (κ2) is 6.29. The van der Waals surface area contributed by atoms with Crippen LogP contribution in [0, 0.1) is 0 Å². The number of nitrogens with two attached hydrogens (primary N) is 1. The fraction of sp³-hybridized carbons (Fsp3) is 0.333. The van der Waals surface area contributed by atoms with E-state index in [9.17, 15) is 0 Å². The highest BCUT2D eigenvalue weighted by atomic mass is 16.5. The van der Waals surface area contributed by atoms with Crippen molar-refractivity contribution < 1.29 is 4.74 Å². The van der Waals surface area contributed by atoms with E-state index < -0.39 is 0 Å². The Kier molecular flexibility index (Phi) is 4.47. The molecule has 0 radical (unpaired) electrons.